The Hall–Kier alpha value is -2.57. The number of ether oxygens (including phenoxy) is 2. The fourth-order valence-electron chi connectivity index (χ4n) is 2.09. The van der Waals surface area contributed by atoms with Crippen molar-refractivity contribution in [1.29, 1.82) is 0 Å². The first-order chi connectivity index (χ1) is 10.0. The zero-order valence-electron chi connectivity index (χ0n) is 11.9. The summed E-state index contributed by atoms with van der Waals surface area (Å²) in [7, 11) is 4.54. The Morgan fingerprint density at radius 3 is 2.38 bits per heavy atom. The molecular weight excluding hydrogens is 279 g/mol. The van der Waals surface area contributed by atoms with Gasteiger partial charge in [0.05, 0.1) is 19.9 Å². The van der Waals surface area contributed by atoms with E-state index in [9.17, 15) is 9.18 Å². The lowest BCUT2D eigenvalue weighted by Gasteiger charge is -2.13. The summed E-state index contributed by atoms with van der Waals surface area (Å²) in [4.78, 5) is 11.0. The first kappa shape index (κ1) is 14.8. The molecule has 0 spiro atoms. The van der Waals surface area contributed by atoms with E-state index in [1.165, 1.54) is 31.0 Å². The number of hydrogen-bond donors (Lipinski definition) is 1. The topological polar surface area (TPSA) is 73.6 Å². The minimum atomic E-state index is -1.14. The Morgan fingerprint density at radius 2 is 1.90 bits per heavy atom. The van der Waals surface area contributed by atoms with Crippen LogP contribution >= 0.6 is 0 Å². The highest BCUT2D eigenvalue weighted by Gasteiger charge is 2.18. The van der Waals surface area contributed by atoms with E-state index < -0.39 is 12.6 Å². The predicted octanol–water partition coefficient (Wildman–Crippen LogP) is 2.27. The number of carboxylic acids is 1. The van der Waals surface area contributed by atoms with E-state index >= 15 is 0 Å². The Bertz CT molecular complexity index is 682. The van der Waals surface area contributed by atoms with Crippen LogP contribution in [0.1, 0.15) is 16.1 Å². The van der Waals surface area contributed by atoms with Gasteiger partial charge in [0.15, 0.2) is 17.2 Å². The van der Waals surface area contributed by atoms with Gasteiger partial charge in [-0.15, -0.1) is 0 Å². The SMILES string of the molecule is COc1cc(CF)c(-c2cc(C(=O)O)nn2C)cc1OC. The van der Waals surface area contributed by atoms with Crippen LogP contribution in [0.3, 0.4) is 0 Å². The van der Waals surface area contributed by atoms with Gasteiger partial charge in [-0.3, -0.25) is 4.68 Å². The van der Waals surface area contributed by atoms with Crippen molar-refractivity contribution in [3.05, 3.63) is 29.5 Å². The first-order valence-electron chi connectivity index (χ1n) is 6.10. The van der Waals surface area contributed by atoms with Crippen LogP contribution in [0.15, 0.2) is 18.2 Å². The summed E-state index contributed by atoms with van der Waals surface area (Å²) in [5, 5.41) is 12.9. The summed E-state index contributed by atoms with van der Waals surface area (Å²) >= 11 is 0. The van der Waals surface area contributed by atoms with Crippen molar-refractivity contribution >= 4 is 5.97 Å². The van der Waals surface area contributed by atoms with E-state index in [0.717, 1.165) is 0 Å². The maximum Gasteiger partial charge on any atom is 0.356 e. The number of benzene rings is 1. The van der Waals surface area contributed by atoms with Gasteiger partial charge in [-0.05, 0) is 23.8 Å². The van der Waals surface area contributed by atoms with Crippen LogP contribution in [0.25, 0.3) is 11.3 Å². The maximum absolute atomic E-state index is 13.3. The molecule has 6 nitrogen and oxygen atoms in total. The molecule has 0 saturated heterocycles. The molecule has 0 bridgehead atoms. The quantitative estimate of drug-likeness (QED) is 0.915. The highest BCUT2D eigenvalue weighted by Crippen LogP contribution is 2.36. The molecule has 1 heterocycles. The van der Waals surface area contributed by atoms with Gasteiger partial charge in [0.1, 0.15) is 6.67 Å². The number of hydrogen-bond acceptors (Lipinski definition) is 4. The summed E-state index contributed by atoms with van der Waals surface area (Å²) in [5.41, 5.74) is 1.26. The zero-order valence-corrected chi connectivity index (χ0v) is 11.9. The van der Waals surface area contributed by atoms with Gasteiger partial charge < -0.3 is 14.6 Å². The summed E-state index contributed by atoms with van der Waals surface area (Å²) in [6.45, 7) is -0.719. The number of alkyl halides is 1. The normalized spacial score (nSPS) is 10.5. The Labute approximate surface area is 120 Å². The summed E-state index contributed by atoms with van der Waals surface area (Å²) in [6.07, 6.45) is 0. The third-order valence-corrected chi connectivity index (χ3v) is 3.13. The molecule has 1 aromatic heterocycles. The largest absolute Gasteiger partial charge is 0.493 e. The summed E-state index contributed by atoms with van der Waals surface area (Å²) in [6, 6.07) is 4.53. The van der Waals surface area contributed by atoms with E-state index in [-0.39, 0.29) is 5.69 Å². The fourth-order valence-corrected chi connectivity index (χ4v) is 2.09. The molecule has 2 aromatic rings. The van der Waals surface area contributed by atoms with Crippen LogP contribution in [-0.4, -0.2) is 35.1 Å². The number of carbonyl (C=O) groups is 1. The lowest BCUT2D eigenvalue weighted by molar-refractivity contribution is 0.0689. The maximum atomic E-state index is 13.3. The van der Waals surface area contributed by atoms with Crippen LogP contribution in [0.2, 0.25) is 0 Å². The number of aryl methyl sites for hydroxylation is 1. The second-order valence-corrected chi connectivity index (χ2v) is 4.34. The fraction of sp³-hybridized carbons (Fsp3) is 0.286. The number of carboxylic acid groups (broad SMARTS) is 1. The van der Waals surface area contributed by atoms with Gasteiger partial charge in [0.25, 0.3) is 0 Å². The number of methoxy groups -OCH3 is 2. The number of rotatable bonds is 5. The Balaban J connectivity index is 2.64. The molecule has 0 unspecified atom stereocenters. The monoisotopic (exact) mass is 294 g/mol. The molecule has 0 radical (unpaired) electrons. The molecule has 0 atom stereocenters. The molecule has 0 aliphatic rings. The van der Waals surface area contributed by atoms with Crippen LogP contribution < -0.4 is 9.47 Å². The van der Waals surface area contributed by atoms with Gasteiger partial charge in [-0.1, -0.05) is 0 Å². The molecule has 21 heavy (non-hydrogen) atoms. The number of nitrogens with zero attached hydrogens (tertiary/aromatic N) is 2. The first-order valence-corrected chi connectivity index (χ1v) is 6.10. The van der Waals surface area contributed by atoms with E-state index in [0.29, 0.717) is 28.3 Å². The van der Waals surface area contributed by atoms with Gasteiger partial charge >= 0.3 is 5.97 Å². The van der Waals surface area contributed by atoms with Crippen molar-refractivity contribution in [2.75, 3.05) is 14.2 Å². The molecule has 112 valence electrons. The van der Waals surface area contributed by atoms with E-state index in [1.807, 2.05) is 0 Å². The molecule has 1 aromatic carbocycles. The Kier molecular flexibility index (Phi) is 4.11. The predicted molar refractivity (Wildman–Crippen MR) is 73.5 cm³/mol. The molecule has 0 aliphatic carbocycles. The highest BCUT2D eigenvalue weighted by atomic mass is 19.1. The average molecular weight is 294 g/mol. The van der Waals surface area contributed by atoms with Crippen molar-refractivity contribution in [1.82, 2.24) is 9.78 Å². The second-order valence-electron chi connectivity index (χ2n) is 4.34. The number of aromatic carboxylic acids is 1. The third kappa shape index (κ3) is 2.67. The van der Waals surface area contributed by atoms with E-state index in [1.54, 1.807) is 13.1 Å². The molecule has 0 aliphatic heterocycles. The van der Waals surface area contributed by atoms with Crippen LogP contribution in [0.5, 0.6) is 11.5 Å². The van der Waals surface area contributed by atoms with Crippen molar-refractivity contribution in [2.24, 2.45) is 7.05 Å². The van der Waals surface area contributed by atoms with Gasteiger partial charge in [0, 0.05) is 12.6 Å². The van der Waals surface area contributed by atoms with Crippen molar-refractivity contribution in [3.63, 3.8) is 0 Å². The van der Waals surface area contributed by atoms with Gasteiger partial charge in [0.2, 0.25) is 0 Å². The smallest absolute Gasteiger partial charge is 0.356 e. The zero-order chi connectivity index (χ0) is 15.6. The lowest BCUT2D eigenvalue weighted by Crippen LogP contribution is -2.00. The number of aromatic nitrogens is 2. The highest BCUT2D eigenvalue weighted by molar-refractivity contribution is 5.87. The molecular formula is C14H15FN2O4. The molecule has 0 fully saturated rings. The van der Waals surface area contributed by atoms with Crippen molar-refractivity contribution in [3.8, 4) is 22.8 Å². The standard InChI is InChI=1S/C14H15FN2O4/c1-17-11(6-10(16-17)14(18)19)9-5-13(21-3)12(20-2)4-8(9)7-15/h4-6H,7H2,1-3H3,(H,18,19). The Morgan fingerprint density at radius 1 is 1.29 bits per heavy atom. The van der Waals surface area contributed by atoms with E-state index in [2.05, 4.69) is 5.10 Å². The van der Waals surface area contributed by atoms with Crippen molar-refractivity contribution < 1.29 is 23.8 Å². The minimum Gasteiger partial charge on any atom is -0.493 e. The van der Waals surface area contributed by atoms with E-state index in [4.69, 9.17) is 14.6 Å². The minimum absolute atomic E-state index is 0.105. The summed E-state index contributed by atoms with van der Waals surface area (Å²) < 4.78 is 25.0. The van der Waals surface area contributed by atoms with Crippen LogP contribution in [0, 0.1) is 0 Å². The average Bonchev–Trinajstić information content (AvgIpc) is 2.87. The third-order valence-electron chi connectivity index (χ3n) is 3.13. The molecule has 0 amide bonds. The van der Waals surface area contributed by atoms with Crippen LogP contribution in [-0.2, 0) is 13.7 Å². The second kappa shape index (κ2) is 5.82. The molecule has 1 N–H and O–H groups in total. The van der Waals surface area contributed by atoms with Crippen LogP contribution in [0.4, 0.5) is 4.39 Å². The number of halogens is 1. The molecule has 0 saturated carbocycles. The molecule has 7 heteroatoms. The lowest BCUT2D eigenvalue weighted by atomic mass is 10.0. The molecule has 2 rings (SSSR count). The van der Waals surface area contributed by atoms with Gasteiger partial charge in [-0.2, -0.15) is 5.10 Å². The van der Waals surface area contributed by atoms with Crippen molar-refractivity contribution in [2.45, 2.75) is 6.67 Å². The summed E-state index contributed by atoms with van der Waals surface area (Å²) in [5.74, 6) is -0.295. The van der Waals surface area contributed by atoms with Gasteiger partial charge in [-0.25, -0.2) is 9.18 Å².